The molecule has 0 aliphatic heterocycles. The van der Waals surface area contributed by atoms with Crippen molar-refractivity contribution >= 4 is 39.7 Å². The molecule has 0 amide bonds. The predicted octanol–water partition coefficient (Wildman–Crippen LogP) is 2.68. The molecule has 7 heteroatoms. The lowest BCUT2D eigenvalue weighted by molar-refractivity contribution is -0.384. The van der Waals surface area contributed by atoms with Gasteiger partial charge in [-0.1, -0.05) is 0 Å². The van der Waals surface area contributed by atoms with Crippen LogP contribution in [0.15, 0.2) is 30.6 Å². The predicted molar refractivity (Wildman–Crippen MR) is 72.3 cm³/mol. The first-order valence-electron chi connectivity index (χ1n) is 4.76. The quantitative estimate of drug-likeness (QED) is 0.528. The summed E-state index contributed by atoms with van der Waals surface area (Å²) < 4.78 is 2.47. The maximum absolute atomic E-state index is 10.6. The highest BCUT2D eigenvalue weighted by molar-refractivity contribution is 14.1. The van der Waals surface area contributed by atoms with Gasteiger partial charge in [0.25, 0.3) is 5.69 Å². The number of hydrogen-bond donors (Lipinski definition) is 1. The highest BCUT2D eigenvalue weighted by atomic mass is 127. The first-order valence-corrected chi connectivity index (χ1v) is 5.84. The van der Waals surface area contributed by atoms with E-state index < -0.39 is 4.92 Å². The van der Waals surface area contributed by atoms with E-state index in [0.29, 0.717) is 0 Å². The maximum Gasteiger partial charge on any atom is 0.270 e. The van der Waals surface area contributed by atoms with Crippen LogP contribution in [0.3, 0.4) is 0 Å². The van der Waals surface area contributed by atoms with E-state index in [9.17, 15) is 10.1 Å². The first kappa shape index (κ1) is 11.8. The van der Waals surface area contributed by atoms with E-state index in [0.717, 1.165) is 14.9 Å². The van der Waals surface area contributed by atoms with Crippen molar-refractivity contribution in [3.8, 4) is 0 Å². The number of rotatable bonds is 3. The van der Waals surface area contributed by atoms with Gasteiger partial charge in [-0.3, -0.25) is 14.8 Å². The molecular formula is C10H9IN4O2. The minimum Gasteiger partial charge on any atom is -0.352 e. The zero-order valence-corrected chi connectivity index (χ0v) is 11.1. The summed E-state index contributed by atoms with van der Waals surface area (Å²) in [5, 5.41) is 17.8. The van der Waals surface area contributed by atoms with Gasteiger partial charge in [0.1, 0.15) is 0 Å². The second-order valence-corrected chi connectivity index (χ2v) is 4.61. The van der Waals surface area contributed by atoms with Gasteiger partial charge in [-0.25, -0.2) is 0 Å². The Hall–Kier alpha value is -1.64. The maximum atomic E-state index is 10.6. The van der Waals surface area contributed by atoms with Gasteiger partial charge in [0.15, 0.2) is 0 Å². The lowest BCUT2D eigenvalue weighted by Gasteiger charge is -2.05. The van der Waals surface area contributed by atoms with Gasteiger partial charge in [0.2, 0.25) is 0 Å². The zero-order valence-electron chi connectivity index (χ0n) is 8.92. The van der Waals surface area contributed by atoms with Gasteiger partial charge < -0.3 is 5.32 Å². The van der Waals surface area contributed by atoms with E-state index in [1.807, 2.05) is 13.2 Å². The number of benzene rings is 1. The SMILES string of the molecule is Cn1cc(Nc2ccc([N+](=O)[O-])cc2I)cn1. The summed E-state index contributed by atoms with van der Waals surface area (Å²) in [7, 11) is 1.83. The number of non-ortho nitro benzene ring substituents is 1. The van der Waals surface area contributed by atoms with E-state index in [4.69, 9.17) is 0 Å². The molecular weight excluding hydrogens is 335 g/mol. The second-order valence-electron chi connectivity index (χ2n) is 3.45. The molecule has 1 aromatic heterocycles. The van der Waals surface area contributed by atoms with Crippen molar-refractivity contribution in [2.24, 2.45) is 7.05 Å². The molecule has 1 N–H and O–H groups in total. The molecule has 0 fully saturated rings. The van der Waals surface area contributed by atoms with Crippen LogP contribution in [0.25, 0.3) is 0 Å². The third-order valence-corrected chi connectivity index (χ3v) is 3.04. The number of halogens is 1. The van der Waals surface area contributed by atoms with Gasteiger partial charge in [0.05, 0.1) is 22.5 Å². The number of anilines is 2. The second kappa shape index (κ2) is 4.70. The van der Waals surface area contributed by atoms with E-state index >= 15 is 0 Å². The van der Waals surface area contributed by atoms with Crippen LogP contribution < -0.4 is 5.32 Å². The third-order valence-electron chi connectivity index (χ3n) is 2.15. The normalized spacial score (nSPS) is 10.2. The molecule has 1 aromatic carbocycles. The number of hydrogen-bond acceptors (Lipinski definition) is 4. The van der Waals surface area contributed by atoms with Crippen LogP contribution in [0.2, 0.25) is 0 Å². The lowest BCUT2D eigenvalue weighted by Crippen LogP contribution is -1.94. The summed E-state index contributed by atoms with van der Waals surface area (Å²) in [4.78, 5) is 10.2. The molecule has 0 aliphatic rings. The van der Waals surface area contributed by atoms with Crippen molar-refractivity contribution in [1.82, 2.24) is 9.78 Å². The Morgan fingerprint density at radius 2 is 2.29 bits per heavy atom. The highest BCUT2D eigenvalue weighted by Crippen LogP contribution is 2.26. The number of aromatic nitrogens is 2. The zero-order chi connectivity index (χ0) is 12.4. The fraction of sp³-hybridized carbons (Fsp3) is 0.100. The van der Waals surface area contributed by atoms with Crippen molar-refractivity contribution < 1.29 is 4.92 Å². The Morgan fingerprint density at radius 1 is 1.53 bits per heavy atom. The van der Waals surface area contributed by atoms with E-state index in [-0.39, 0.29) is 5.69 Å². The summed E-state index contributed by atoms with van der Waals surface area (Å²) in [6, 6.07) is 4.69. The van der Waals surface area contributed by atoms with Crippen molar-refractivity contribution in [3.05, 3.63) is 44.3 Å². The van der Waals surface area contributed by atoms with Gasteiger partial charge in [-0.15, -0.1) is 0 Å². The van der Waals surface area contributed by atoms with E-state index in [2.05, 4.69) is 33.0 Å². The van der Waals surface area contributed by atoms with Crippen LogP contribution in [0.4, 0.5) is 17.1 Å². The van der Waals surface area contributed by atoms with Gasteiger partial charge in [0, 0.05) is 28.9 Å². The molecule has 88 valence electrons. The molecule has 1 heterocycles. The minimum absolute atomic E-state index is 0.0890. The number of nitro groups is 1. The average molecular weight is 344 g/mol. The molecule has 0 unspecified atom stereocenters. The molecule has 0 saturated carbocycles. The monoisotopic (exact) mass is 344 g/mol. The molecule has 0 atom stereocenters. The summed E-state index contributed by atoms with van der Waals surface area (Å²) in [5.74, 6) is 0. The minimum atomic E-state index is -0.407. The molecule has 2 rings (SSSR count). The van der Waals surface area contributed by atoms with Gasteiger partial charge in [-0.2, -0.15) is 5.10 Å². The molecule has 6 nitrogen and oxygen atoms in total. The van der Waals surface area contributed by atoms with Crippen molar-refractivity contribution in [2.45, 2.75) is 0 Å². The summed E-state index contributed by atoms with van der Waals surface area (Å²) >= 11 is 2.06. The number of nitro benzene ring substituents is 1. The Balaban J connectivity index is 2.25. The van der Waals surface area contributed by atoms with Crippen LogP contribution in [-0.2, 0) is 7.05 Å². The first-order chi connectivity index (χ1) is 8.06. The largest absolute Gasteiger partial charge is 0.352 e. The van der Waals surface area contributed by atoms with E-state index in [1.165, 1.54) is 12.1 Å². The summed E-state index contributed by atoms with van der Waals surface area (Å²) in [5.41, 5.74) is 1.76. The van der Waals surface area contributed by atoms with Crippen LogP contribution in [-0.4, -0.2) is 14.7 Å². The number of nitrogens with one attached hydrogen (secondary N) is 1. The fourth-order valence-corrected chi connectivity index (χ4v) is 1.99. The summed E-state index contributed by atoms with van der Waals surface area (Å²) in [6.07, 6.45) is 3.52. The lowest BCUT2D eigenvalue weighted by atomic mass is 10.3. The average Bonchev–Trinajstić information content (AvgIpc) is 2.67. The van der Waals surface area contributed by atoms with E-state index in [1.54, 1.807) is 16.9 Å². The third kappa shape index (κ3) is 2.73. The molecule has 0 bridgehead atoms. The smallest absolute Gasteiger partial charge is 0.270 e. The van der Waals surface area contributed by atoms with Crippen LogP contribution in [0, 0.1) is 13.7 Å². The topological polar surface area (TPSA) is 73.0 Å². The van der Waals surface area contributed by atoms with Crippen LogP contribution >= 0.6 is 22.6 Å². The standard InChI is InChI=1S/C10H9IN4O2/c1-14-6-7(5-12-14)13-10-3-2-8(15(16)17)4-9(10)11/h2-6,13H,1H3. The van der Waals surface area contributed by atoms with Crippen molar-refractivity contribution in [2.75, 3.05) is 5.32 Å². The van der Waals surface area contributed by atoms with Crippen LogP contribution in [0.1, 0.15) is 0 Å². The Bertz CT molecular complexity index is 567. The fourth-order valence-electron chi connectivity index (χ4n) is 1.36. The molecule has 17 heavy (non-hydrogen) atoms. The molecule has 2 aromatic rings. The summed E-state index contributed by atoms with van der Waals surface area (Å²) in [6.45, 7) is 0. The molecule has 0 aliphatic carbocycles. The molecule has 0 saturated heterocycles. The number of nitrogens with zero attached hydrogens (tertiary/aromatic N) is 3. The molecule has 0 spiro atoms. The Kier molecular flexibility index (Phi) is 3.27. The van der Waals surface area contributed by atoms with Gasteiger partial charge in [-0.05, 0) is 28.7 Å². The number of aryl methyl sites for hydroxylation is 1. The van der Waals surface area contributed by atoms with Crippen molar-refractivity contribution in [1.29, 1.82) is 0 Å². The van der Waals surface area contributed by atoms with Crippen molar-refractivity contribution in [3.63, 3.8) is 0 Å². The Labute approximate surface area is 111 Å². The molecule has 0 radical (unpaired) electrons. The van der Waals surface area contributed by atoms with Gasteiger partial charge >= 0.3 is 0 Å². The highest BCUT2D eigenvalue weighted by Gasteiger charge is 2.09. The Morgan fingerprint density at radius 3 is 2.82 bits per heavy atom. The van der Waals surface area contributed by atoms with Crippen LogP contribution in [0.5, 0.6) is 0 Å².